The van der Waals surface area contributed by atoms with Crippen LogP contribution in [0.25, 0.3) is 0 Å². The van der Waals surface area contributed by atoms with Crippen molar-refractivity contribution < 1.29 is 14.6 Å². The third-order valence-corrected chi connectivity index (χ3v) is 2.75. The van der Waals surface area contributed by atoms with Crippen molar-refractivity contribution in [2.45, 2.75) is 32.3 Å². The summed E-state index contributed by atoms with van der Waals surface area (Å²) in [5.74, 6) is 1.33. The van der Waals surface area contributed by atoms with E-state index in [9.17, 15) is 5.11 Å². The number of methoxy groups -OCH3 is 1. The standard InChI is InChI=1S/C15H22O3/c1-3-4-5-6-7-11-18-15-13(12-16)9-8-10-14(15)17-2/h3,8-10,16H,1,4-7,11-12H2,2H3. The molecule has 0 spiro atoms. The summed E-state index contributed by atoms with van der Waals surface area (Å²) in [5, 5.41) is 9.26. The third-order valence-electron chi connectivity index (χ3n) is 2.75. The van der Waals surface area contributed by atoms with Gasteiger partial charge in [0.25, 0.3) is 0 Å². The summed E-state index contributed by atoms with van der Waals surface area (Å²) in [4.78, 5) is 0. The van der Waals surface area contributed by atoms with Gasteiger partial charge in [0.1, 0.15) is 0 Å². The average Bonchev–Trinajstić information content (AvgIpc) is 2.42. The summed E-state index contributed by atoms with van der Waals surface area (Å²) in [5.41, 5.74) is 0.764. The molecule has 0 heterocycles. The lowest BCUT2D eigenvalue weighted by molar-refractivity contribution is 0.251. The van der Waals surface area contributed by atoms with Crippen molar-refractivity contribution in [3.8, 4) is 11.5 Å². The largest absolute Gasteiger partial charge is 0.493 e. The highest BCUT2D eigenvalue weighted by molar-refractivity contribution is 5.46. The maximum Gasteiger partial charge on any atom is 0.166 e. The van der Waals surface area contributed by atoms with Gasteiger partial charge in [-0.05, 0) is 31.7 Å². The Morgan fingerprint density at radius 2 is 2.11 bits per heavy atom. The highest BCUT2D eigenvalue weighted by Gasteiger charge is 2.09. The summed E-state index contributed by atoms with van der Waals surface area (Å²) in [7, 11) is 1.60. The van der Waals surface area contributed by atoms with Gasteiger partial charge in [-0.3, -0.25) is 0 Å². The second-order valence-electron chi connectivity index (χ2n) is 4.09. The average molecular weight is 250 g/mol. The molecule has 0 saturated heterocycles. The lowest BCUT2D eigenvalue weighted by Crippen LogP contribution is -2.02. The molecule has 0 aromatic heterocycles. The van der Waals surface area contributed by atoms with Crippen LogP contribution in [0, 0.1) is 0 Å². The van der Waals surface area contributed by atoms with Gasteiger partial charge in [-0.25, -0.2) is 0 Å². The molecule has 3 nitrogen and oxygen atoms in total. The number of hydrogen-bond acceptors (Lipinski definition) is 3. The van der Waals surface area contributed by atoms with Crippen molar-refractivity contribution in [1.82, 2.24) is 0 Å². The summed E-state index contributed by atoms with van der Waals surface area (Å²) in [6, 6.07) is 5.53. The van der Waals surface area contributed by atoms with Gasteiger partial charge in [0, 0.05) is 5.56 Å². The van der Waals surface area contributed by atoms with Gasteiger partial charge >= 0.3 is 0 Å². The fourth-order valence-electron chi connectivity index (χ4n) is 1.75. The molecule has 100 valence electrons. The molecule has 0 radical (unpaired) electrons. The lowest BCUT2D eigenvalue weighted by Gasteiger charge is -2.13. The fraction of sp³-hybridized carbons (Fsp3) is 0.467. The van der Waals surface area contributed by atoms with Crippen LogP contribution in [0.15, 0.2) is 30.9 Å². The van der Waals surface area contributed by atoms with Crippen LogP contribution in [-0.4, -0.2) is 18.8 Å². The van der Waals surface area contributed by atoms with Gasteiger partial charge in [0.05, 0.1) is 20.3 Å². The van der Waals surface area contributed by atoms with Crippen molar-refractivity contribution in [3.63, 3.8) is 0 Å². The molecule has 0 fully saturated rings. The van der Waals surface area contributed by atoms with E-state index in [-0.39, 0.29) is 6.61 Å². The minimum Gasteiger partial charge on any atom is -0.493 e. The van der Waals surface area contributed by atoms with E-state index < -0.39 is 0 Å². The van der Waals surface area contributed by atoms with E-state index in [1.807, 2.05) is 24.3 Å². The van der Waals surface area contributed by atoms with Gasteiger partial charge in [-0.1, -0.05) is 18.2 Å². The third kappa shape index (κ3) is 4.41. The minimum atomic E-state index is -0.0387. The number of ether oxygens (including phenoxy) is 2. The van der Waals surface area contributed by atoms with Crippen LogP contribution in [-0.2, 0) is 6.61 Å². The molecular weight excluding hydrogens is 228 g/mol. The first-order valence-corrected chi connectivity index (χ1v) is 6.34. The lowest BCUT2D eigenvalue weighted by atomic mass is 10.2. The maximum absolute atomic E-state index is 9.26. The maximum atomic E-state index is 9.26. The molecule has 1 rings (SSSR count). The monoisotopic (exact) mass is 250 g/mol. The van der Waals surface area contributed by atoms with Crippen LogP contribution >= 0.6 is 0 Å². The molecule has 1 aromatic carbocycles. The summed E-state index contributed by atoms with van der Waals surface area (Å²) >= 11 is 0. The zero-order chi connectivity index (χ0) is 13.2. The Hall–Kier alpha value is -1.48. The van der Waals surface area contributed by atoms with Crippen LogP contribution in [0.4, 0.5) is 0 Å². The summed E-state index contributed by atoms with van der Waals surface area (Å²) < 4.78 is 11.0. The number of hydrogen-bond donors (Lipinski definition) is 1. The van der Waals surface area contributed by atoms with Crippen molar-refractivity contribution in [1.29, 1.82) is 0 Å². The van der Waals surface area contributed by atoms with Crippen molar-refractivity contribution in [2.75, 3.05) is 13.7 Å². The molecule has 1 N–H and O–H groups in total. The highest BCUT2D eigenvalue weighted by atomic mass is 16.5. The zero-order valence-corrected chi connectivity index (χ0v) is 11.0. The first-order valence-electron chi connectivity index (χ1n) is 6.34. The second kappa shape index (κ2) is 8.59. The van der Waals surface area contributed by atoms with E-state index in [0.717, 1.165) is 31.2 Å². The second-order valence-corrected chi connectivity index (χ2v) is 4.09. The molecule has 0 aliphatic carbocycles. The molecule has 1 aromatic rings. The van der Waals surface area contributed by atoms with E-state index in [2.05, 4.69) is 6.58 Å². The number of aliphatic hydroxyl groups excluding tert-OH is 1. The molecule has 0 saturated carbocycles. The Balaban J connectivity index is 2.47. The SMILES string of the molecule is C=CCCCCCOc1c(CO)cccc1OC. The normalized spacial score (nSPS) is 10.1. The first kappa shape index (κ1) is 14.6. The molecule has 0 unspecified atom stereocenters. The molecule has 0 atom stereocenters. The van der Waals surface area contributed by atoms with Crippen LogP contribution in [0.2, 0.25) is 0 Å². The van der Waals surface area contributed by atoms with E-state index in [0.29, 0.717) is 18.1 Å². The predicted octanol–water partition coefficient (Wildman–Crippen LogP) is 3.31. The van der Waals surface area contributed by atoms with Gasteiger partial charge in [0.15, 0.2) is 11.5 Å². The summed E-state index contributed by atoms with van der Waals surface area (Å²) in [6.07, 6.45) is 6.25. The van der Waals surface area contributed by atoms with Gasteiger partial charge in [0.2, 0.25) is 0 Å². The predicted molar refractivity (Wildman–Crippen MR) is 73.1 cm³/mol. The van der Waals surface area contributed by atoms with E-state index in [4.69, 9.17) is 9.47 Å². The first-order chi connectivity index (χ1) is 8.83. The Bertz CT molecular complexity index is 339. The topological polar surface area (TPSA) is 38.7 Å². The van der Waals surface area contributed by atoms with E-state index >= 15 is 0 Å². The highest BCUT2D eigenvalue weighted by Crippen LogP contribution is 2.31. The number of rotatable bonds is 9. The number of allylic oxidation sites excluding steroid dienone is 1. The Morgan fingerprint density at radius 3 is 2.78 bits per heavy atom. The number of para-hydroxylation sites is 1. The Morgan fingerprint density at radius 1 is 1.28 bits per heavy atom. The molecule has 0 amide bonds. The Kier molecular flexibility index (Phi) is 6.96. The number of unbranched alkanes of at least 4 members (excludes halogenated alkanes) is 3. The molecule has 18 heavy (non-hydrogen) atoms. The smallest absolute Gasteiger partial charge is 0.166 e. The van der Waals surface area contributed by atoms with Crippen molar-refractivity contribution in [2.24, 2.45) is 0 Å². The summed E-state index contributed by atoms with van der Waals surface area (Å²) in [6.45, 7) is 4.30. The van der Waals surface area contributed by atoms with Gasteiger partial charge in [-0.2, -0.15) is 0 Å². The minimum absolute atomic E-state index is 0.0387. The van der Waals surface area contributed by atoms with Gasteiger partial charge in [-0.15, -0.1) is 6.58 Å². The molecular formula is C15H22O3. The van der Waals surface area contributed by atoms with Crippen LogP contribution in [0.5, 0.6) is 11.5 Å². The van der Waals surface area contributed by atoms with Crippen molar-refractivity contribution in [3.05, 3.63) is 36.4 Å². The fourth-order valence-corrected chi connectivity index (χ4v) is 1.75. The van der Waals surface area contributed by atoms with Gasteiger partial charge < -0.3 is 14.6 Å². The molecule has 3 heteroatoms. The molecule has 0 aliphatic heterocycles. The Labute approximate surface area is 109 Å². The van der Waals surface area contributed by atoms with E-state index in [1.165, 1.54) is 0 Å². The van der Waals surface area contributed by atoms with Crippen LogP contribution in [0.1, 0.15) is 31.2 Å². The zero-order valence-electron chi connectivity index (χ0n) is 11.0. The molecule has 0 bridgehead atoms. The van der Waals surface area contributed by atoms with E-state index in [1.54, 1.807) is 7.11 Å². The number of aliphatic hydroxyl groups is 1. The quantitative estimate of drug-likeness (QED) is 0.540. The van der Waals surface area contributed by atoms with Crippen molar-refractivity contribution >= 4 is 0 Å². The number of benzene rings is 1. The van der Waals surface area contributed by atoms with Crippen LogP contribution in [0.3, 0.4) is 0 Å². The van der Waals surface area contributed by atoms with Crippen LogP contribution < -0.4 is 9.47 Å². The molecule has 0 aliphatic rings.